The van der Waals surface area contributed by atoms with Crippen molar-refractivity contribution in [2.75, 3.05) is 0 Å². The number of hydrogen-bond donors (Lipinski definition) is 0. The average molecular weight is 786 g/mol. The fourth-order valence-electron chi connectivity index (χ4n) is 5.82. The molecule has 5 heteroatoms. The van der Waals surface area contributed by atoms with E-state index in [1.807, 2.05) is 79.3 Å². The van der Waals surface area contributed by atoms with Gasteiger partial charge in [0.1, 0.15) is 5.58 Å². The number of hydrogen-bond acceptors (Lipinski definition) is 4. The second-order valence-electron chi connectivity index (χ2n) is 11.2. The zero-order chi connectivity index (χ0) is 31.3. The number of aryl methyl sites for hydroxylation is 1. The Morgan fingerprint density at radius 2 is 1.49 bits per heavy atom. The Morgan fingerprint density at radius 1 is 0.723 bits per heavy atom. The maximum atomic E-state index is 6.28. The van der Waals surface area contributed by atoms with Gasteiger partial charge in [0.05, 0.1) is 5.58 Å². The third-order valence-electron chi connectivity index (χ3n) is 8.25. The first-order valence-corrected chi connectivity index (χ1v) is 15.3. The maximum Gasteiger partial charge on any atom is 0.120 e. The van der Waals surface area contributed by atoms with Crippen LogP contribution in [0.2, 0.25) is 0 Å². The van der Waals surface area contributed by atoms with Gasteiger partial charge in [-0.1, -0.05) is 84.6 Å². The van der Waals surface area contributed by atoms with Gasteiger partial charge in [0.15, 0.2) is 0 Å². The van der Waals surface area contributed by atoms with E-state index in [1.165, 1.54) is 27.8 Å². The van der Waals surface area contributed by atoms with E-state index in [9.17, 15) is 0 Å². The number of nitrogens with zero attached hydrogens (tertiary/aromatic N) is 3. The molecule has 1 atom stereocenters. The van der Waals surface area contributed by atoms with Crippen LogP contribution in [0.25, 0.3) is 55.6 Å². The zero-order valence-corrected chi connectivity index (χ0v) is 28.4. The Kier molecular flexibility index (Phi) is 9.77. The van der Waals surface area contributed by atoms with Crippen molar-refractivity contribution in [3.8, 4) is 33.6 Å². The van der Waals surface area contributed by atoms with Gasteiger partial charge in [-0.05, 0) is 70.7 Å². The summed E-state index contributed by atoms with van der Waals surface area (Å²) in [6.07, 6.45) is 7.40. The molecule has 0 aliphatic rings. The molecule has 0 saturated carbocycles. The van der Waals surface area contributed by atoms with Crippen LogP contribution in [0.1, 0.15) is 29.5 Å². The number of pyridine rings is 3. The predicted molar refractivity (Wildman–Crippen MR) is 186 cm³/mol. The molecule has 0 aliphatic carbocycles. The summed E-state index contributed by atoms with van der Waals surface area (Å²) in [7, 11) is 0. The molecule has 0 spiro atoms. The second-order valence-corrected chi connectivity index (χ2v) is 11.2. The fraction of sp³-hybridized carbons (Fsp3) is 0.0714. The maximum absolute atomic E-state index is 6.28. The van der Waals surface area contributed by atoms with E-state index in [0.717, 1.165) is 44.5 Å². The van der Waals surface area contributed by atoms with E-state index in [4.69, 9.17) is 4.42 Å². The average Bonchev–Trinajstić information content (AvgIpc) is 3.53. The van der Waals surface area contributed by atoms with Gasteiger partial charge < -0.3 is 14.4 Å². The quantitative estimate of drug-likeness (QED) is 0.163. The normalized spacial score (nSPS) is 11.4. The van der Waals surface area contributed by atoms with E-state index in [2.05, 4.69) is 102 Å². The molecular weight excluding hydrogens is 755 g/mol. The summed E-state index contributed by atoms with van der Waals surface area (Å²) in [5.41, 5.74) is 11.5. The van der Waals surface area contributed by atoms with Crippen LogP contribution in [0, 0.1) is 19.1 Å². The Balaban J connectivity index is 0.000000171. The topological polar surface area (TPSA) is 51.8 Å². The molecule has 0 N–H and O–H groups in total. The fourth-order valence-corrected chi connectivity index (χ4v) is 5.82. The summed E-state index contributed by atoms with van der Waals surface area (Å²) < 4.78 is 6.28. The van der Waals surface area contributed by atoms with Gasteiger partial charge >= 0.3 is 0 Å². The Labute approximate surface area is 288 Å². The predicted octanol–water partition coefficient (Wildman–Crippen LogP) is 10.5. The molecule has 1 radical (unpaired) electrons. The Morgan fingerprint density at radius 3 is 2.26 bits per heavy atom. The third-order valence-corrected chi connectivity index (χ3v) is 8.25. The van der Waals surface area contributed by atoms with Gasteiger partial charge in [0.2, 0.25) is 0 Å². The molecule has 4 nitrogen and oxygen atoms in total. The largest absolute Gasteiger partial charge is 0.501 e. The molecule has 0 saturated heterocycles. The SMILES string of the molecule is CC(c1ccncc1)c1c[c-]c(-c2ccccn2)c2oc3ccccc3c12.Cc1cnc(-c2[c-]cccc2)cc1-c1ccccc1.[Ir]. The number of para-hydroxylation sites is 1. The minimum absolute atomic E-state index is 0. The van der Waals surface area contributed by atoms with Crippen molar-refractivity contribution >= 4 is 21.9 Å². The molecule has 0 fully saturated rings. The summed E-state index contributed by atoms with van der Waals surface area (Å²) in [6, 6.07) is 47.4. The monoisotopic (exact) mass is 786 g/mol. The summed E-state index contributed by atoms with van der Waals surface area (Å²) in [4.78, 5) is 13.1. The molecule has 0 bridgehead atoms. The van der Waals surface area contributed by atoms with E-state index >= 15 is 0 Å². The minimum Gasteiger partial charge on any atom is -0.501 e. The number of fused-ring (bicyclic) bond motifs is 3. The number of aromatic nitrogens is 3. The molecule has 47 heavy (non-hydrogen) atoms. The van der Waals surface area contributed by atoms with Crippen molar-refractivity contribution in [2.24, 2.45) is 0 Å². The minimum atomic E-state index is 0. The van der Waals surface area contributed by atoms with E-state index < -0.39 is 0 Å². The van der Waals surface area contributed by atoms with Gasteiger partial charge in [0, 0.05) is 50.3 Å². The van der Waals surface area contributed by atoms with Crippen LogP contribution < -0.4 is 0 Å². The molecule has 0 amide bonds. The number of benzene rings is 4. The van der Waals surface area contributed by atoms with Crippen LogP contribution >= 0.6 is 0 Å². The first kappa shape index (κ1) is 31.7. The van der Waals surface area contributed by atoms with Gasteiger partial charge in [-0.25, -0.2) is 0 Å². The van der Waals surface area contributed by atoms with Gasteiger partial charge in [0.25, 0.3) is 0 Å². The molecule has 8 rings (SSSR count). The van der Waals surface area contributed by atoms with E-state index in [0.29, 0.717) is 0 Å². The second kappa shape index (κ2) is 14.5. The van der Waals surface area contributed by atoms with Gasteiger partial charge in [-0.3, -0.25) is 4.98 Å². The summed E-state index contributed by atoms with van der Waals surface area (Å²) in [5.74, 6) is 0.200. The standard InChI is InChI=1S/C24H17N2O.C18H14N.Ir/c1-16(17-11-14-25-15-12-17)18-9-10-19(21-7-4-5-13-26-21)24-23(18)20-6-2-3-8-22(20)27-24;1-14-13-19-18(16-10-6-3-7-11-16)12-17(14)15-8-4-2-5-9-15;/h2-9,11-16H,1H3;2-10,12-13H,1H3;/q2*-1;. The molecule has 4 aromatic carbocycles. The first-order valence-electron chi connectivity index (χ1n) is 15.3. The van der Waals surface area contributed by atoms with Crippen molar-refractivity contribution in [3.05, 3.63) is 175 Å². The molecule has 8 aromatic rings. The molecule has 0 aliphatic heterocycles. The van der Waals surface area contributed by atoms with Crippen molar-refractivity contribution in [1.29, 1.82) is 0 Å². The molecular formula is C42H31IrN3O-2. The van der Waals surface area contributed by atoms with Crippen LogP contribution in [0.15, 0.2) is 151 Å². The Hall–Kier alpha value is -5.22. The van der Waals surface area contributed by atoms with E-state index in [1.54, 1.807) is 6.20 Å². The van der Waals surface area contributed by atoms with Crippen molar-refractivity contribution < 1.29 is 24.5 Å². The third kappa shape index (κ3) is 6.68. The van der Waals surface area contributed by atoms with Crippen LogP contribution in [0.5, 0.6) is 0 Å². The van der Waals surface area contributed by atoms with Crippen molar-refractivity contribution in [1.82, 2.24) is 15.0 Å². The molecule has 4 heterocycles. The zero-order valence-electron chi connectivity index (χ0n) is 26.0. The van der Waals surface area contributed by atoms with Crippen molar-refractivity contribution in [2.45, 2.75) is 19.8 Å². The van der Waals surface area contributed by atoms with Gasteiger partial charge in [-0.15, -0.1) is 53.6 Å². The molecule has 4 aromatic heterocycles. The summed E-state index contributed by atoms with van der Waals surface area (Å²) in [5, 5.41) is 2.25. The molecule has 1 unspecified atom stereocenters. The molecule has 231 valence electrons. The first-order chi connectivity index (χ1) is 22.7. The summed E-state index contributed by atoms with van der Waals surface area (Å²) in [6.45, 7) is 4.30. The smallest absolute Gasteiger partial charge is 0.120 e. The van der Waals surface area contributed by atoms with Gasteiger partial charge in [-0.2, -0.15) is 0 Å². The van der Waals surface area contributed by atoms with Crippen LogP contribution in [0.4, 0.5) is 0 Å². The summed E-state index contributed by atoms with van der Waals surface area (Å²) >= 11 is 0. The van der Waals surface area contributed by atoms with Crippen LogP contribution in [-0.2, 0) is 20.1 Å². The van der Waals surface area contributed by atoms with Crippen LogP contribution in [0.3, 0.4) is 0 Å². The van der Waals surface area contributed by atoms with Crippen molar-refractivity contribution in [3.63, 3.8) is 0 Å². The Bertz CT molecular complexity index is 2220. The van der Waals surface area contributed by atoms with Crippen LogP contribution in [-0.4, -0.2) is 15.0 Å². The van der Waals surface area contributed by atoms with E-state index in [-0.39, 0.29) is 26.0 Å². The number of rotatable bonds is 5. The number of furan rings is 1.